The molecule has 0 saturated carbocycles. The first kappa shape index (κ1) is 13.7. The molecule has 1 aliphatic carbocycles. The lowest BCUT2D eigenvalue weighted by Crippen LogP contribution is -2.38. The van der Waals surface area contributed by atoms with Gasteiger partial charge in [-0.15, -0.1) is 0 Å². The van der Waals surface area contributed by atoms with E-state index in [-0.39, 0.29) is 11.6 Å². The van der Waals surface area contributed by atoms with E-state index < -0.39 is 9.15 Å². The van der Waals surface area contributed by atoms with E-state index in [2.05, 4.69) is 31.9 Å². The summed E-state index contributed by atoms with van der Waals surface area (Å²) in [6.45, 7) is 0. The minimum atomic E-state index is -1.27. The van der Waals surface area contributed by atoms with Crippen molar-refractivity contribution in [2.45, 2.75) is 9.15 Å². The van der Waals surface area contributed by atoms with Gasteiger partial charge < -0.3 is 0 Å². The molecule has 0 unspecified atom stereocenters. The third kappa shape index (κ3) is 1.82. The summed E-state index contributed by atoms with van der Waals surface area (Å²) in [7, 11) is 0. The fraction of sp³-hybridized carbons (Fsp3) is 0.125. The summed E-state index contributed by atoms with van der Waals surface area (Å²) in [5, 5.41) is 0. The molecule has 3 rings (SSSR count). The van der Waals surface area contributed by atoms with Crippen molar-refractivity contribution in [1.29, 1.82) is 0 Å². The Balaban J connectivity index is 2.11. The maximum Gasteiger partial charge on any atom is 0.189 e. The summed E-state index contributed by atoms with van der Waals surface area (Å²) in [5.41, 5.74) is 1.85. The van der Waals surface area contributed by atoms with Gasteiger partial charge >= 0.3 is 0 Å². The number of carbonyl (C=O) groups is 2. The average Bonchev–Trinajstić information content (AvgIpc) is 2.71. The van der Waals surface area contributed by atoms with Gasteiger partial charge in [0.15, 0.2) is 15.9 Å². The van der Waals surface area contributed by atoms with Gasteiger partial charge in [-0.3, -0.25) is 9.59 Å². The van der Waals surface area contributed by atoms with Crippen LogP contribution < -0.4 is 0 Å². The first-order valence-electron chi connectivity index (χ1n) is 6.13. The molecule has 0 saturated heterocycles. The smallest absolute Gasteiger partial charge is 0.189 e. The van der Waals surface area contributed by atoms with Crippen LogP contribution in [-0.4, -0.2) is 15.9 Å². The second-order valence-corrected chi connectivity index (χ2v) is 6.86. The monoisotopic (exact) mass is 392 g/mol. The van der Waals surface area contributed by atoms with Crippen LogP contribution in [0.3, 0.4) is 0 Å². The number of carbonyl (C=O) groups excluding carboxylic acids is 2. The summed E-state index contributed by atoms with van der Waals surface area (Å²) in [6.07, 6.45) is 0. The zero-order valence-corrected chi connectivity index (χ0v) is 13.5. The first-order chi connectivity index (χ1) is 9.56. The quantitative estimate of drug-likeness (QED) is 0.561. The third-order valence-corrected chi connectivity index (χ3v) is 6.53. The summed E-state index contributed by atoms with van der Waals surface area (Å²) >= 11 is 6.93. The molecule has 2 nitrogen and oxygen atoms in total. The van der Waals surface area contributed by atoms with Crippen molar-refractivity contribution in [2.24, 2.45) is 0 Å². The summed E-state index contributed by atoms with van der Waals surface area (Å²) in [4.78, 5) is 24.9. The topological polar surface area (TPSA) is 34.1 Å². The van der Waals surface area contributed by atoms with Crippen LogP contribution in [0.25, 0.3) is 0 Å². The van der Waals surface area contributed by atoms with Gasteiger partial charge in [-0.25, -0.2) is 0 Å². The number of halogens is 2. The highest BCUT2D eigenvalue weighted by Crippen LogP contribution is 2.49. The second-order valence-electron chi connectivity index (χ2n) is 4.69. The molecule has 2 aromatic rings. The molecule has 100 valence electrons. The lowest BCUT2D eigenvalue weighted by Gasteiger charge is -2.25. The Labute approximate surface area is 133 Å². The standard InChI is InChI=1S/C16H10Br2O2/c17-13(10-6-2-1-3-7-10)16(18)14(19)11-8-4-5-9-12(11)15(16)20/h1-9,13H/t13-/m0/s1. The van der Waals surface area contributed by atoms with Crippen molar-refractivity contribution in [3.8, 4) is 0 Å². The number of ketones is 2. The Hall–Kier alpha value is -1.26. The molecule has 0 radical (unpaired) electrons. The van der Waals surface area contributed by atoms with Crippen molar-refractivity contribution in [1.82, 2.24) is 0 Å². The fourth-order valence-electron chi connectivity index (χ4n) is 2.46. The van der Waals surface area contributed by atoms with Gasteiger partial charge in [0.25, 0.3) is 0 Å². The van der Waals surface area contributed by atoms with Crippen LogP contribution in [0.15, 0.2) is 54.6 Å². The van der Waals surface area contributed by atoms with Crippen LogP contribution in [0.2, 0.25) is 0 Å². The van der Waals surface area contributed by atoms with Crippen molar-refractivity contribution in [2.75, 3.05) is 0 Å². The summed E-state index contributed by atoms with van der Waals surface area (Å²) < 4.78 is -1.27. The number of benzene rings is 2. The second kappa shape index (κ2) is 4.93. The minimum Gasteiger partial charge on any atom is -0.292 e. The Morgan fingerprint density at radius 3 is 1.75 bits per heavy atom. The summed E-state index contributed by atoms with van der Waals surface area (Å²) in [6, 6.07) is 16.4. The molecule has 0 aliphatic heterocycles. The Kier molecular flexibility index (Phi) is 3.38. The van der Waals surface area contributed by atoms with Gasteiger partial charge in [-0.05, 0) is 5.56 Å². The molecule has 0 heterocycles. The number of alkyl halides is 2. The maximum atomic E-state index is 12.6. The first-order valence-corrected chi connectivity index (χ1v) is 7.84. The molecule has 20 heavy (non-hydrogen) atoms. The molecule has 2 aromatic carbocycles. The van der Waals surface area contributed by atoms with E-state index in [1.54, 1.807) is 24.3 Å². The van der Waals surface area contributed by atoms with Crippen LogP contribution in [-0.2, 0) is 0 Å². The fourth-order valence-corrected chi connectivity index (χ4v) is 3.87. The van der Waals surface area contributed by atoms with E-state index in [9.17, 15) is 9.59 Å². The third-order valence-electron chi connectivity index (χ3n) is 3.52. The van der Waals surface area contributed by atoms with E-state index in [0.29, 0.717) is 11.1 Å². The van der Waals surface area contributed by atoms with Crippen molar-refractivity contribution in [3.05, 3.63) is 71.3 Å². The Bertz CT molecular complexity index is 660. The van der Waals surface area contributed by atoms with Gasteiger partial charge in [-0.1, -0.05) is 86.5 Å². The van der Waals surface area contributed by atoms with Crippen LogP contribution >= 0.6 is 31.9 Å². The van der Waals surface area contributed by atoms with Crippen LogP contribution in [0, 0.1) is 0 Å². The number of Topliss-reactive ketones (excluding diaryl/α,β-unsaturated/α-hetero) is 2. The highest BCUT2D eigenvalue weighted by atomic mass is 79.9. The predicted octanol–water partition coefficient (Wildman–Crippen LogP) is 4.34. The number of hydrogen-bond acceptors (Lipinski definition) is 2. The van der Waals surface area contributed by atoms with Crippen LogP contribution in [0.5, 0.6) is 0 Å². The maximum absolute atomic E-state index is 12.6. The predicted molar refractivity (Wildman–Crippen MR) is 84.9 cm³/mol. The van der Waals surface area contributed by atoms with E-state index in [1.165, 1.54) is 0 Å². The molecule has 1 atom stereocenters. The van der Waals surface area contributed by atoms with E-state index in [1.807, 2.05) is 30.3 Å². The van der Waals surface area contributed by atoms with Gasteiger partial charge in [0.1, 0.15) is 0 Å². The van der Waals surface area contributed by atoms with Gasteiger partial charge in [0.2, 0.25) is 0 Å². The molecule has 0 amide bonds. The summed E-state index contributed by atoms with van der Waals surface area (Å²) in [5.74, 6) is -0.382. The number of fused-ring (bicyclic) bond motifs is 1. The van der Waals surface area contributed by atoms with Crippen molar-refractivity contribution in [3.63, 3.8) is 0 Å². The van der Waals surface area contributed by atoms with Crippen molar-refractivity contribution >= 4 is 43.4 Å². The van der Waals surface area contributed by atoms with Crippen molar-refractivity contribution < 1.29 is 9.59 Å². The molecule has 0 bridgehead atoms. The van der Waals surface area contributed by atoms with Gasteiger partial charge in [0.05, 0.1) is 4.83 Å². The van der Waals surface area contributed by atoms with Gasteiger partial charge in [-0.2, -0.15) is 0 Å². The van der Waals surface area contributed by atoms with Crippen LogP contribution in [0.4, 0.5) is 0 Å². The molecular formula is C16H10Br2O2. The lowest BCUT2D eigenvalue weighted by molar-refractivity contribution is 0.0871. The number of rotatable bonds is 2. The minimum absolute atomic E-state index is 0.191. The Morgan fingerprint density at radius 2 is 1.25 bits per heavy atom. The van der Waals surface area contributed by atoms with Gasteiger partial charge in [0, 0.05) is 11.1 Å². The molecule has 0 aromatic heterocycles. The van der Waals surface area contributed by atoms with E-state index in [0.717, 1.165) is 5.56 Å². The SMILES string of the molecule is O=C1c2ccccc2C(=O)C1(Br)[C@@H](Br)c1ccccc1. The zero-order chi connectivity index (χ0) is 14.3. The normalized spacial score (nSPS) is 17.9. The number of hydrogen-bond donors (Lipinski definition) is 0. The molecule has 0 spiro atoms. The Morgan fingerprint density at radius 1 is 0.800 bits per heavy atom. The van der Waals surface area contributed by atoms with Crippen LogP contribution in [0.1, 0.15) is 31.1 Å². The lowest BCUT2D eigenvalue weighted by atomic mass is 9.94. The highest BCUT2D eigenvalue weighted by Gasteiger charge is 2.55. The molecule has 0 N–H and O–H groups in total. The van der Waals surface area contributed by atoms with E-state index >= 15 is 0 Å². The average molecular weight is 394 g/mol. The molecule has 0 fully saturated rings. The largest absolute Gasteiger partial charge is 0.292 e. The molecule has 1 aliphatic rings. The van der Waals surface area contributed by atoms with E-state index in [4.69, 9.17) is 0 Å². The highest BCUT2D eigenvalue weighted by molar-refractivity contribution is 9.13. The zero-order valence-electron chi connectivity index (χ0n) is 10.3. The molecule has 4 heteroatoms. The molecular weight excluding hydrogens is 384 g/mol.